The van der Waals surface area contributed by atoms with Gasteiger partial charge in [-0.1, -0.05) is 6.07 Å². The third-order valence-corrected chi connectivity index (χ3v) is 2.71. The van der Waals surface area contributed by atoms with Gasteiger partial charge in [-0.05, 0) is 26.0 Å². The molecule has 0 radical (unpaired) electrons. The molecule has 106 valence electrons. The van der Waals surface area contributed by atoms with E-state index in [9.17, 15) is 9.18 Å². The monoisotopic (exact) mass is 278 g/mol. The van der Waals surface area contributed by atoms with Gasteiger partial charge in [0.05, 0.1) is 5.69 Å². The molecule has 5 nitrogen and oxygen atoms in total. The molecule has 0 saturated heterocycles. The van der Waals surface area contributed by atoms with Gasteiger partial charge in [0.1, 0.15) is 18.2 Å². The smallest absolute Gasteiger partial charge is 0.372 e. The van der Waals surface area contributed by atoms with Crippen LogP contribution in [0.4, 0.5) is 4.39 Å². The summed E-state index contributed by atoms with van der Waals surface area (Å²) < 4.78 is 19.9. The van der Waals surface area contributed by atoms with Crippen LogP contribution in [-0.4, -0.2) is 20.6 Å². The van der Waals surface area contributed by atoms with Crippen LogP contribution in [0.1, 0.15) is 36.2 Å². The topological polar surface area (TPSA) is 64.4 Å². The minimum Gasteiger partial charge on any atom is -0.487 e. The number of nitrogens with zero attached hydrogens (tertiary/aromatic N) is 2. The molecule has 0 aliphatic carbocycles. The molecule has 0 aliphatic rings. The van der Waals surface area contributed by atoms with Crippen LogP contribution in [0.2, 0.25) is 0 Å². The molecule has 0 bridgehead atoms. The van der Waals surface area contributed by atoms with Crippen LogP contribution in [0.3, 0.4) is 0 Å². The molecule has 1 aromatic heterocycles. The lowest BCUT2D eigenvalue weighted by atomic mass is 10.3. The summed E-state index contributed by atoms with van der Waals surface area (Å²) in [5.74, 6) is -1.13. The first kappa shape index (κ1) is 14.0. The van der Waals surface area contributed by atoms with Crippen molar-refractivity contribution < 1.29 is 19.0 Å². The number of carboxylic acid groups (broad SMARTS) is 1. The fraction of sp³-hybridized carbons (Fsp3) is 0.286. The van der Waals surface area contributed by atoms with Gasteiger partial charge in [-0.2, -0.15) is 0 Å². The van der Waals surface area contributed by atoms with E-state index >= 15 is 0 Å². The number of rotatable bonds is 5. The van der Waals surface area contributed by atoms with Crippen molar-refractivity contribution in [3.63, 3.8) is 0 Å². The second-order valence-corrected chi connectivity index (χ2v) is 4.61. The molecule has 1 N–H and O–H groups in total. The Morgan fingerprint density at radius 2 is 2.25 bits per heavy atom. The molecular formula is C14H15FN2O3. The Kier molecular flexibility index (Phi) is 4.02. The molecular weight excluding hydrogens is 263 g/mol. The van der Waals surface area contributed by atoms with E-state index in [4.69, 9.17) is 9.84 Å². The number of carboxylic acids is 1. The highest BCUT2D eigenvalue weighted by atomic mass is 19.1. The van der Waals surface area contributed by atoms with Gasteiger partial charge in [-0.15, -0.1) is 0 Å². The molecule has 0 atom stereocenters. The summed E-state index contributed by atoms with van der Waals surface area (Å²) in [5, 5.41) is 9.08. The maximum Gasteiger partial charge on any atom is 0.372 e. The van der Waals surface area contributed by atoms with E-state index in [2.05, 4.69) is 4.98 Å². The highest BCUT2D eigenvalue weighted by Crippen LogP contribution is 2.16. The number of halogens is 1. The van der Waals surface area contributed by atoms with E-state index in [0.29, 0.717) is 11.4 Å². The van der Waals surface area contributed by atoms with Crippen molar-refractivity contribution in [1.29, 1.82) is 0 Å². The minimum atomic E-state index is -1.09. The van der Waals surface area contributed by atoms with Crippen LogP contribution < -0.4 is 4.74 Å². The highest BCUT2D eigenvalue weighted by molar-refractivity contribution is 5.83. The van der Waals surface area contributed by atoms with Crippen molar-refractivity contribution in [3.05, 3.63) is 47.8 Å². The maximum absolute atomic E-state index is 13.0. The number of hydrogen-bond donors (Lipinski definition) is 1. The zero-order valence-corrected chi connectivity index (χ0v) is 11.2. The first-order valence-electron chi connectivity index (χ1n) is 6.17. The van der Waals surface area contributed by atoms with Crippen molar-refractivity contribution in [2.75, 3.05) is 0 Å². The van der Waals surface area contributed by atoms with Crippen LogP contribution in [0.5, 0.6) is 5.75 Å². The predicted molar refractivity (Wildman–Crippen MR) is 70.3 cm³/mol. The Morgan fingerprint density at radius 3 is 2.80 bits per heavy atom. The molecule has 1 heterocycles. The Labute approximate surface area is 115 Å². The Bertz CT molecular complexity index is 623. The van der Waals surface area contributed by atoms with Gasteiger partial charge in [-0.3, -0.25) is 0 Å². The summed E-state index contributed by atoms with van der Waals surface area (Å²) >= 11 is 0. The van der Waals surface area contributed by atoms with Gasteiger partial charge in [0.2, 0.25) is 5.82 Å². The number of aromatic carboxylic acids is 1. The molecule has 0 aliphatic heterocycles. The predicted octanol–water partition coefficient (Wildman–Crippen LogP) is 2.88. The van der Waals surface area contributed by atoms with Gasteiger partial charge >= 0.3 is 5.97 Å². The van der Waals surface area contributed by atoms with Gasteiger partial charge in [0, 0.05) is 18.3 Å². The fourth-order valence-corrected chi connectivity index (χ4v) is 1.78. The lowest BCUT2D eigenvalue weighted by molar-refractivity contribution is 0.0676. The van der Waals surface area contributed by atoms with Crippen molar-refractivity contribution in [3.8, 4) is 5.75 Å². The van der Waals surface area contributed by atoms with E-state index in [0.717, 1.165) is 0 Å². The van der Waals surface area contributed by atoms with E-state index in [-0.39, 0.29) is 24.3 Å². The summed E-state index contributed by atoms with van der Waals surface area (Å²) in [7, 11) is 0. The minimum absolute atomic E-state index is 0.0171. The van der Waals surface area contributed by atoms with Crippen molar-refractivity contribution in [2.45, 2.75) is 26.5 Å². The normalized spacial score (nSPS) is 10.8. The SMILES string of the molecule is CC(C)n1cc(COc2cccc(F)c2)nc1C(=O)O. The van der Waals surface area contributed by atoms with Crippen LogP contribution in [0, 0.1) is 5.82 Å². The van der Waals surface area contributed by atoms with Crippen LogP contribution in [0.25, 0.3) is 0 Å². The molecule has 0 saturated carbocycles. The summed E-state index contributed by atoms with van der Waals surface area (Å²) in [5.41, 5.74) is 0.486. The molecule has 0 spiro atoms. The Morgan fingerprint density at radius 1 is 1.50 bits per heavy atom. The van der Waals surface area contributed by atoms with Crippen molar-refractivity contribution in [1.82, 2.24) is 9.55 Å². The molecule has 2 aromatic rings. The lowest BCUT2D eigenvalue weighted by Crippen LogP contribution is -2.10. The zero-order valence-electron chi connectivity index (χ0n) is 11.2. The second kappa shape index (κ2) is 5.73. The number of aromatic nitrogens is 2. The molecule has 0 amide bonds. The van der Waals surface area contributed by atoms with Crippen LogP contribution in [0.15, 0.2) is 30.5 Å². The highest BCUT2D eigenvalue weighted by Gasteiger charge is 2.16. The van der Waals surface area contributed by atoms with Gasteiger partial charge in [0.25, 0.3) is 0 Å². The molecule has 1 aromatic carbocycles. The number of benzene rings is 1. The van der Waals surface area contributed by atoms with Crippen molar-refractivity contribution in [2.24, 2.45) is 0 Å². The molecule has 20 heavy (non-hydrogen) atoms. The average molecular weight is 278 g/mol. The number of carbonyl (C=O) groups is 1. The average Bonchev–Trinajstić information content (AvgIpc) is 2.81. The van der Waals surface area contributed by atoms with E-state index in [1.807, 2.05) is 13.8 Å². The van der Waals surface area contributed by atoms with E-state index < -0.39 is 5.97 Å². The van der Waals surface area contributed by atoms with E-state index in [1.54, 1.807) is 22.9 Å². The lowest BCUT2D eigenvalue weighted by Gasteiger charge is -2.07. The largest absolute Gasteiger partial charge is 0.487 e. The van der Waals surface area contributed by atoms with Gasteiger partial charge in [0.15, 0.2) is 0 Å². The van der Waals surface area contributed by atoms with Crippen LogP contribution in [-0.2, 0) is 6.61 Å². The Hall–Kier alpha value is -2.37. The third-order valence-electron chi connectivity index (χ3n) is 2.71. The molecule has 2 rings (SSSR count). The summed E-state index contributed by atoms with van der Waals surface area (Å²) in [6.07, 6.45) is 1.63. The molecule has 0 fully saturated rings. The van der Waals surface area contributed by atoms with Gasteiger partial charge < -0.3 is 14.4 Å². The summed E-state index contributed by atoms with van der Waals surface area (Å²) in [4.78, 5) is 15.1. The van der Waals surface area contributed by atoms with E-state index in [1.165, 1.54) is 12.1 Å². The maximum atomic E-state index is 13.0. The quantitative estimate of drug-likeness (QED) is 0.913. The van der Waals surface area contributed by atoms with Gasteiger partial charge in [-0.25, -0.2) is 14.2 Å². The molecule has 6 heteroatoms. The second-order valence-electron chi connectivity index (χ2n) is 4.61. The summed E-state index contributed by atoms with van der Waals surface area (Å²) in [6.45, 7) is 3.82. The number of hydrogen-bond acceptors (Lipinski definition) is 3. The standard InChI is InChI=1S/C14H15FN2O3/c1-9(2)17-7-11(16-13(17)14(18)19)8-20-12-5-3-4-10(15)6-12/h3-7,9H,8H2,1-2H3,(H,18,19). The number of imidazole rings is 1. The third kappa shape index (κ3) is 3.14. The Balaban J connectivity index is 2.14. The summed E-state index contributed by atoms with van der Waals surface area (Å²) in [6, 6.07) is 5.73. The fourth-order valence-electron chi connectivity index (χ4n) is 1.78. The first-order valence-corrected chi connectivity index (χ1v) is 6.17. The molecule has 0 unspecified atom stereocenters. The zero-order chi connectivity index (χ0) is 14.7. The number of ether oxygens (including phenoxy) is 1. The first-order chi connectivity index (χ1) is 9.47. The van der Waals surface area contributed by atoms with Crippen LogP contribution >= 0.6 is 0 Å². The van der Waals surface area contributed by atoms with Crippen molar-refractivity contribution >= 4 is 5.97 Å².